The Kier molecular flexibility index (Phi) is 5.20. The molecule has 3 fully saturated rings. The van der Waals surface area contributed by atoms with Crippen molar-refractivity contribution >= 4 is 10.0 Å². The number of rotatable bonds is 4. The van der Waals surface area contributed by atoms with Crippen LogP contribution < -0.4 is 4.74 Å². The van der Waals surface area contributed by atoms with E-state index in [2.05, 4.69) is 16.8 Å². The summed E-state index contributed by atoms with van der Waals surface area (Å²) in [5, 5.41) is 0. The van der Waals surface area contributed by atoms with Gasteiger partial charge in [0.2, 0.25) is 15.9 Å². The Balaban J connectivity index is 1.56. The van der Waals surface area contributed by atoms with Crippen LogP contribution in [0, 0.1) is 12.8 Å². The average molecular weight is 394 g/mol. The van der Waals surface area contributed by atoms with Crippen molar-refractivity contribution in [1.29, 1.82) is 0 Å². The molecule has 27 heavy (non-hydrogen) atoms. The Bertz CT molecular complexity index is 776. The van der Waals surface area contributed by atoms with Gasteiger partial charge < -0.3 is 9.64 Å². The van der Waals surface area contributed by atoms with E-state index >= 15 is 0 Å². The van der Waals surface area contributed by atoms with Crippen LogP contribution in [0.5, 0.6) is 5.88 Å². The smallest absolute Gasteiger partial charge is 0.248 e. The molecule has 2 bridgehead atoms. The van der Waals surface area contributed by atoms with Gasteiger partial charge in [0.25, 0.3) is 0 Å². The zero-order valence-corrected chi connectivity index (χ0v) is 17.4. The Labute approximate surface area is 163 Å². The number of sulfonamides is 1. The quantitative estimate of drug-likeness (QED) is 0.787. The molecule has 0 radical (unpaired) electrons. The Morgan fingerprint density at radius 2 is 1.67 bits per heavy atom. The van der Waals surface area contributed by atoms with Gasteiger partial charge >= 0.3 is 0 Å². The van der Waals surface area contributed by atoms with Gasteiger partial charge in [0.1, 0.15) is 4.90 Å². The molecule has 0 N–H and O–H groups in total. The summed E-state index contributed by atoms with van der Waals surface area (Å²) in [6.07, 6.45) is 6.36. The molecule has 1 aromatic heterocycles. The summed E-state index contributed by atoms with van der Waals surface area (Å²) in [4.78, 5) is 7.10. The number of piperidine rings is 2. The summed E-state index contributed by atoms with van der Waals surface area (Å²) < 4.78 is 34.0. The predicted molar refractivity (Wildman–Crippen MR) is 104 cm³/mol. The highest BCUT2D eigenvalue weighted by molar-refractivity contribution is 7.89. The minimum absolute atomic E-state index is 0.101. The summed E-state index contributed by atoms with van der Waals surface area (Å²) in [5.74, 6) is 1.03. The van der Waals surface area contributed by atoms with Crippen molar-refractivity contribution in [3.8, 4) is 5.88 Å². The fourth-order valence-electron chi connectivity index (χ4n) is 5.17. The van der Waals surface area contributed by atoms with Crippen LogP contribution in [0.1, 0.15) is 51.1 Å². The van der Waals surface area contributed by atoms with Crippen LogP contribution in [0.3, 0.4) is 0 Å². The first kappa shape index (κ1) is 19.2. The molecular weight excluding hydrogens is 362 g/mol. The second-order valence-corrected chi connectivity index (χ2v) is 10.3. The molecule has 4 rings (SSSR count). The molecule has 3 saturated heterocycles. The molecule has 1 unspecified atom stereocenters. The summed E-state index contributed by atoms with van der Waals surface area (Å²) in [6, 6.07) is 4.13. The van der Waals surface area contributed by atoms with E-state index in [1.54, 1.807) is 16.4 Å². The lowest BCUT2D eigenvalue weighted by atomic mass is 9.93. The van der Waals surface area contributed by atoms with Gasteiger partial charge in [-0.25, -0.2) is 13.4 Å². The number of nitrogens with zero attached hydrogens (tertiary/aromatic N) is 3. The number of fused-ring (bicyclic) bond motifs is 2. The van der Waals surface area contributed by atoms with Gasteiger partial charge in [0.15, 0.2) is 0 Å². The van der Waals surface area contributed by atoms with Crippen LogP contribution in [0.4, 0.5) is 0 Å². The minimum atomic E-state index is -3.59. The lowest BCUT2D eigenvalue weighted by Gasteiger charge is -2.44. The molecule has 6 nitrogen and oxygen atoms in total. The van der Waals surface area contributed by atoms with Crippen LogP contribution in [0.15, 0.2) is 17.0 Å². The molecule has 0 aromatic carbocycles. The predicted octanol–water partition coefficient (Wildman–Crippen LogP) is 2.81. The molecule has 150 valence electrons. The maximum absolute atomic E-state index is 13.5. The van der Waals surface area contributed by atoms with Crippen LogP contribution >= 0.6 is 0 Å². The molecule has 3 atom stereocenters. The van der Waals surface area contributed by atoms with Gasteiger partial charge in [0, 0.05) is 23.8 Å². The third-order valence-electron chi connectivity index (χ3n) is 6.69. The molecule has 3 aliphatic rings. The van der Waals surface area contributed by atoms with Gasteiger partial charge in [-0.15, -0.1) is 0 Å². The van der Waals surface area contributed by atoms with Crippen LogP contribution in [-0.2, 0) is 10.0 Å². The number of ether oxygens (including phenoxy) is 1. The number of likely N-dealkylation sites (tertiary alicyclic amines) is 1. The first-order valence-corrected chi connectivity index (χ1v) is 11.6. The first-order valence-electron chi connectivity index (χ1n) is 10.2. The highest BCUT2D eigenvalue weighted by Gasteiger charge is 2.49. The lowest BCUT2D eigenvalue weighted by Crippen LogP contribution is -2.53. The summed E-state index contributed by atoms with van der Waals surface area (Å²) in [6.45, 7) is 6.49. The largest absolute Gasteiger partial charge is 0.480 e. The number of aromatic nitrogens is 1. The molecular formula is C20H31N3O3S. The summed E-state index contributed by atoms with van der Waals surface area (Å²) >= 11 is 0. The van der Waals surface area contributed by atoms with E-state index in [-0.39, 0.29) is 22.9 Å². The lowest BCUT2D eigenvalue weighted by molar-refractivity contribution is 0.0759. The maximum atomic E-state index is 13.5. The normalized spacial score (nSPS) is 30.6. The van der Waals surface area contributed by atoms with Crippen molar-refractivity contribution in [3.05, 3.63) is 17.8 Å². The van der Waals surface area contributed by atoms with E-state index in [1.807, 2.05) is 6.92 Å². The molecule has 0 saturated carbocycles. The van der Waals surface area contributed by atoms with Crippen molar-refractivity contribution in [2.45, 2.75) is 75.4 Å². The van der Waals surface area contributed by atoms with E-state index in [1.165, 1.54) is 20.0 Å². The topological polar surface area (TPSA) is 62.7 Å². The minimum Gasteiger partial charge on any atom is -0.480 e. The van der Waals surface area contributed by atoms with E-state index in [0.29, 0.717) is 6.04 Å². The zero-order valence-electron chi connectivity index (χ0n) is 16.6. The van der Waals surface area contributed by atoms with E-state index in [4.69, 9.17) is 4.74 Å². The maximum Gasteiger partial charge on any atom is 0.248 e. The Morgan fingerprint density at radius 3 is 2.26 bits per heavy atom. The molecule has 0 amide bonds. The highest BCUT2D eigenvalue weighted by Crippen LogP contribution is 2.42. The molecule has 4 heterocycles. The first-order chi connectivity index (χ1) is 12.9. The Morgan fingerprint density at radius 1 is 1.04 bits per heavy atom. The fraction of sp³-hybridized carbons (Fsp3) is 0.750. The van der Waals surface area contributed by atoms with Crippen molar-refractivity contribution in [1.82, 2.24) is 14.2 Å². The number of hydrogen-bond acceptors (Lipinski definition) is 5. The molecule has 3 aliphatic heterocycles. The Hall–Kier alpha value is -1.18. The van der Waals surface area contributed by atoms with Crippen molar-refractivity contribution in [2.24, 2.45) is 5.92 Å². The molecule has 1 aromatic rings. The molecule has 7 heteroatoms. The number of hydrogen-bond donors (Lipinski definition) is 0. The highest BCUT2D eigenvalue weighted by atomic mass is 32.2. The van der Waals surface area contributed by atoms with Crippen LogP contribution in [-0.4, -0.2) is 60.9 Å². The second kappa shape index (κ2) is 7.33. The summed E-state index contributed by atoms with van der Waals surface area (Å²) in [7, 11) is -2.11. The number of aryl methyl sites for hydroxylation is 1. The van der Waals surface area contributed by atoms with E-state index in [0.717, 1.165) is 50.4 Å². The van der Waals surface area contributed by atoms with Gasteiger partial charge in [-0.3, -0.25) is 0 Å². The van der Waals surface area contributed by atoms with Gasteiger partial charge in [-0.1, -0.05) is 6.92 Å². The number of pyridine rings is 1. The standard InChI is InChI=1S/C20H31N3O3S/c1-14-8-10-22(11-9-14)18-12-16-5-6-17(13-18)23(16)27(24,25)19-7-4-15(2)21-20(19)26-3/h4,7,14,16-18H,5-6,8-13H2,1-3H3/t16-,17+,18?. The SMILES string of the molecule is COc1nc(C)ccc1S(=O)(=O)N1[C@@H]2CC[C@H]1CC(N1CCC(C)CC1)C2. The summed E-state index contributed by atoms with van der Waals surface area (Å²) in [5.41, 5.74) is 0.756. The number of methoxy groups -OCH3 is 1. The van der Waals surface area contributed by atoms with E-state index < -0.39 is 10.0 Å². The zero-order chi connectivity index (χ0) is 19.2. The van der Waals surface area contributed by atoms with Crippen LogP contribution in [0.2, 0.25) is 0 Å². The third-order valence-corrected chi connectivity index (χ3v) is 8.71. The monoisotopic (exact) mass is 393 g/mol. The molecule has 0 aliphatic carbocycles. The second-order valence-electron chi connectivity index (χ2n) is 8.52. The van der Waals surface area contributed by atoms with E-state index in [9.17, 15) is 8.42 Å². The van der Waals surface area contributed by atoms with Crippen molar-refractivity contribution < 1.29 is 13.2 Å². The molecule has 0 spiro atoms. The van der Waals surface area contributed by atoms with Crippen LogP contribution in [0.25, 0.3) is 0 Å². The third kappa shape index (κ3) is 3.49. The fourth-order valence-corrected chi connectivity index (χ4v) is 7.15. The van der Waals surface area contributed by atoms with Gasteiger partial charge in [-0.05, 0) is 76.6 Å². The van der Waals surface area contributed by atoms with Gasteiger partial charge in [0.05, 0.1) is 7.11 Å². The average Bonchev–Trinajstić information content (AvgIpc) is 2.93. The van der Waals surface area contributed by atoms with Gasteiger partial charge in [-0.2, -0.15) is 4.31 Å². The van der Waals surface area contributed by atoms with Crippen molar-refractivity contribution in [2.75, 3.05) is 20.2 Å². The van der Waals surface area contributed by atoms with Crippen molar-refractivity contribution in [3.63, 3.8) is 0 Å².